The number of anilines is 1. The lowest BCUT2D eigenvalue weighted by molar-refractivity contribution is -0.116. The molecule has 2 rings (SSSR count). The van der Waals surface area contributed by atoms with E-state index in [1.807, 2.05) is 18.2 Å². The molecule has 18 heavy (non-hydrogen) atoms. The van der Waals surface area contributed by atoms with Gasteiger partial charge in [-0.3, -0.25) is 9.78 Å². The van der Waals surface area contributed by atoms with Crippen molar-refractivity contribution >= 4 is 27.7 Å². The molecule has 1 amide bonds. The standard InChI is InChI=1S/C13H12BrN3O/c14-11-4-2-8-16-13(11)17-12(18)6-5-10-3-1-7-15-9-10/h1-4,7-9H,5-6H2,(H,16,17,18). The number of nitrogens with zero attached hydrogens (tertiary/aromatic N) is 2. The number of carbonyl (C=O) groups is 1. The van der Waals surface area contributed by atoms with E-state index in [1.165, 1.54) is 0 Å². The van der Waals surface area contributed by atoms with E-state index in [0.29, 0.717) is 18.7 Å². The molecule has 0 aliphatic carbocycles. The molecule has 0 spiro atoms. The summed E-state index contributed by atoms with van der Waals surface area (Å²) in [7, 11) is 0. The summed E-state index contributed by atoms with van der Waals surface area (Å²) in [5, 5.41) is 2.76. The van der Waals surface area contributed by atoms with Crippen LogP contribution in [0.2, 0.25) is 0 Å². The van der Waals surface area contributed by atoms with Crippen LogP contribution in [0.25, 0.3) is 0 Å². The molecule has 2 aromatic heterocycles. The predicted octanol–water partition coefficient (Wildman–Crippen LogP) is 2.81. The van der Waals surface area contributed by atoms with Gasteiger partial charge in [0.1, 0.15) is 5.82 Å². The number of aromatic nitrogens is 2. The molecule has 0 fully saturated rings. The van der Waals surface area contributed by atoms with Gasteiger partial charge < -0.3 is 5.32 Å². The lowest BCUT2D eigenvalue weighted by Crippen LogP contribution is -2.13. The lowest BCUT2D eigenvalue weighted by Gasteiger charge is -2.05. The molecule has 0 saturated carbocycles. The Morgan fingerprint density at radius 3 is 2.83 bits per heavy atom. The van der Waals surface area contributed by atoms with Gasteiger partial charge in [-0.2, -0.15) is 0 Å². The third-order valence-corrected chi connectivity index (χ3v) is 3.02. The summed E-state index contributed by atoms with van der Waals surface area (Å²) in [5.74, 6) is 0.493. The van der Waals surface area contributed by atoms with Gasteiger partial charge in [0.15, 0.2) is 0 Å². The summed E-state index contributed by atoms with van der Waals surface area (Å²) < 4.78 is 0.778. The normalized spacial score (nSPS) is 10.1. The Kier molecular flexibility index (Phi) is 4.41. The molecule has 2 aromatic rings. The Hall–Kier alpha value is -1.75. The maximum atomic E-state index is 11.7. The quantitative estimate of drug-likeness (QED) is 0.945. The van der Waals surface area contributed by atoms with Crippen molar-refractivity contribution in [3.63, 3.8) is 0 Å². The third kappa shape index (κ3) is 3.63. The molecule has 0 unspecified atom stereocenters. The number of nitrogens with one attached hydrogen (secondary N) is 1. The fourth-order valence-corrected chi connectivity index (χ4v) is 1.83. The zero-order valence-electron chi connectivity index (χ0n) is 9.64. The topological polar surface area (TPSA) is 54.9 Å². The second-order valence-electron chi connectivity index (χ2n) is 3.74. The molecule has 0 atom stereocenters. The molecule has 0 aliphatic heterocycles. The molecule has 1 N–H and O–H groups in total. The Morgan fingerprint density at radius 1 is 1.28 bits per heavy atom. The van der Waals surface area contributed by atoms with Crippen LogP contribution in [0.3, 0.4) is 0 Å². The van der Waals surface area contributed by atoms with Crippen molar-refractivity contribution in [1.82, 2.24) is 9.97 Å². The first-order chi connectivity index (χ1) is 8.75. The van der Waals surface area contributed by atoms with Crippen molar-refractivity contribution in [1.29, 1.82) is 0 Å². The number of pyridine rings is 2. The van der Waals surface area contributed by atoms with Gasteiger partial charge in [0, 0.05) is 25.0 Å². The molecule has 0 radical (unpaired) electrons. The van der Waals surface area contributed by atoms with E-state index in [4.69, 9.17) is 0 Å². The number of carbonyl (C=O) groups excluding carboxylic acids is 1. The van der Waals surface area contributed by atoms with Crippen molar-refractivity contribution < 1.29 is 4.79 Å². The summed E-state index contributed by atoms with van der Waals surface area (Å²) >= 11 is 3.33. The first-order valence-corrected chi connectivity index (χ1v) is 6.34. The minimum atomic E-state index is -0.0572. The average molecular weight is 306 g/mol. The molecule has 92 valence electrons. The minimum absolute atomic E-state index is 0.0572. The second-order valence-corrected chi connectivity index (χ2v) is 4.60. The second kappa shape index (κ2) is 6.26. The van der Waals surface area contributed by atoms with Crippen molar-refractivity contribution in [2.75, 3.05) is 5.32 Å². The van der Waals surface area contributed by atoms with Crippen LogP contribution in [0, 0.1) is 0 Å². The van der Waals surface area contributed by atoms with Crippen molar-refractivity contribution in [3.05, 3.63) is 52.9 Å². The van der Waals surface area contributed by atoms with E-state index in [2.05, 4.69) is 31.2 Å². The van der Waals surface area contributed by atoms with Crippen LogP contribution >= 0.6 is 15.9 Å². The van der Waals surface area contributed by atoms with Crippen LogP contribution in [0.15, 0.2) is 47.3 Å². The van der Waals surface area contributed by atoms with Crippen LogP contribution < -0.4 is 5.32 Å². The molecule has 0 aromatic carbocycles. The van der Waals surface area contributed by atoms with Crippen LogP contribution in [-0.4, -0.2) is 15.9 Å². The fraction of sp³-hybridized carbons (Fsp3) is 0.154. The molecular formula is C13H12BrN3O. The molecule has 0 aliphatic rings. The number of hydrogen-bond donors (Lipinski definition) is 1. The molecular weight excluding hydrogens is 294 g/mol. The van der Waals surface area contributed by atoms with Gasteiger partial charge in [0.2, 0.25) is 5.91 Å². The molecule has 5 heteroatoms. The first-order valence-electron chi connectivity index (χ1n) is 5.55. The summed E-state index contributed by atoms with van der Waals surface area (Å²) in [6.07, 6.45) is 6.21. The van der Waals surface area contributed by atoms with Gasteiger partial charge in [0.05, 0.1) is 4.47 Å². The van der Waals surface area contributed by atoms with Crippen LogP contribution in [-0.2, 0) is 11.2 Å². The fourth-order valence-electron chi connectivity index (χ4n) is 1.48. The SMILES string of the molecule is O=C(CCc1cccnc1)Nc1ncccc1Br. The smallest absolute Gasteiger partial charge is 0.225 e. The Bertz CT molecular complexity index is 531. The Morgan fingerprint density at radius 2 is 2.11 bits per heavy atom. The van der Waals surface area contributed by atoms with E-state index in [1.54, 1.807) is 24.7 Å². The van der Waals surface area contributed by atoms with Gasteiger partial charge >= 0.3 is 0 Å². The van der Waals surface area contributed by atoms with E-state index in [9.17, 15) is 4.79 Å². The highest BCUT2D eigenvalue weighted by Crippen LogP contribution is 2.18. The van der Waals surface area contributed by atoms with Gasteiger partial charge in [-0.15, -0.1) is 0 Å². The largest absolute Gasteiger partial charge is 0.310 e. The highest BCUT2D eigenvalue weighted by molar-refractivity contribution is 9.10. The summed E-state index contributed by atoms with van der Waals surface area (Å²) in [6.45, 7) is 0. The van der Waals surface area contributed by atoms with Gasteiger partial charge in [-0.1, -0.05) is 6.07 Å². The van der Waals surface area contributed by atoms with Gasteiger partial charge in [-0.25, -0.2) is 4.98 Å². The molecule has 2 heterocycles. The van der Waals surface area contributed by atoms with E-state index < -0.39 is 0 Å². The lowest BCUT2D eigenvalue weighted by atomic mass is 10.1. The summed E-state index contributed by atoms with van der Waals surface area (Å²) in [5.41, 5.74) is 1.05. The number of hydrogen-bond acceptors (Lipinski definition) is 3. The Balaban J connectivity index is 1.88. The van der Waals surface area contributed by atoms with E-state index >= 15 is 0 Å². The molecule has 0 bridgehead atoms. The summed E-state index contributed by atoms with van der Waals surface area (Å²) in [4.78, 5) is 19.8. The first kappa shape index (κ1) is 12.7. The van der Waals surface area contributed by atoms with Gasteiger partial charge in [0.25, 0.3) is 0 Å². The van der Waals surface area contributed by atoms with Crippen molar-refractivity contribution in [2.24, 2.45) is 0 Å². The van der Waals surface area contributed by atoms with Crippen molar-refractivity contribution in [3.8, 4) is 0 Å². The molecule has 4 nitrogen and oxygen atoms in total. The van der Waals surface area contributed by atoms with Crippen LogP contribution in [0.1, 0.15) is 12.0 Å². The van der Waals surface area contributed by atoms with Crippen LogP contribution in [0.5, 0.6) is 0 Å². The van der Waals surface area contributed by atoms with Crippen LogP contribution in [0.4, 0.5) is 5.82 Å². The third-order valence-electron chi connectivity index (χ3n) is 2.38. The van der Waals surface area contributed by atoms with E-state index in [-0.39, 0.29) is 5.91 Å². The predicted molar refractivity (Wildman–Crippen MR) is 73.1 cm³/mol. The highest BCUT2D eigenvalue weighted by atomic mass is 79.9. The number of halogens is 1. The maximum Gasteiger partial charge on any atom is 0.225 e. The number of amides is 1. The van der Waals surface area contributed by atoms with Crippen molar-refractivity contribution in [2.45, 2.75) is 12.8 Å². The van der Waals surface area contributed by atoms with Gasteiger partial charge in [-0.05, 0) is 46.1 Å². The number of aryl methyl sites for hydroxylation is 1. The zero-order valence-corrected chi connectivity index (χ0v) is 11.2. The average Bonchev–Trinajstić information content (AvgIpc) is 2.40. The minimum Gasteiger partial charge on any atom is -0.310 e. The zero-order chi connectivity index (χ0) is 12.8. The Labute approximate surface area is 114 Å². The van der Waals surface area contributed by atoms with E-state index in [0.717, 1.165) is 10.0 Å². The maximum absolute atomic E-state index is 11.7. The highest BCUT2D eigenvalue weighted by Gasteiger charge is 2.06. The molecule has 0 saturated heterocycles. The summed E-state index contributed by atoms with van der Waals surface area (Å²) in [6, 6.07) is 7.46. The monoisotopic (exact) mass is 305 g/mol. The number of rotatable bonds is 4.